The van der Waals surface area contributed by atoms with Gasteiger partial charge < -0.3 is 14.3 Å². The minimum absolute atomic E-state index is 0.135. The number of hydrogen-bond donors (Lipinski definition) is 0. The lowest BCUT2D eigenvalue weighted by Crippen LogP contribution is -2.04. The maximum atomic E-state index is 6.31. The van der Waals surface area contributed by atoms with Gasteiger partial charge in [-0.15, -0.1) is 0 Å². The van der Waals surface area contributed by atoms with Crippen LogP contribution in [0.1, 0.15) is 31.1 Å². The average Bonchev–Trinajstić information content (AvgIpc) is 2.65. The zero-order valence-corrected chi connectivity index (χ0v) is 17.5. The summed E-state index contributed by atoms with van der Waals surface area (Å²) in [5.41, 5.74) is 2.30. The van der Waals surface area contributed by atoms with E-state index in [-0.39, 0.29) is 17.2 Å². The first-order valence-electron chi connectivity index (χ1n) is 8.19. The van der Waals surface area contributed by atoms with Gasteiger partial charge in [-0.2, -0.15) is 0 Å². The van der Waals surface area contributed by atoms with Crippen LogP contribution in [0.5, 0.6) is 11.5 Å². The third-order valence-corrected chi connectivity index (χ3v) is 4.30. The molecule has 0 amide bonds. The highest BCUT2D eigenvalue weighted by Gasteiger charge is 2.15. The molecule has 144 valence electrons. The summed E-state index contributed by atoms with van der Waals surface area (Å²) < 4.78 is 11.1. The number of benzene rings is 2. The molecule has 0 aromatic heterocycles. The third-order valence-electron chi connectivity index (χ3n) is 3.72. The summed E-state index contributed by atoms with van der Waals surface area (Å²) in [7, 11) is 1.54. The van der Waals surface area contributed by atoms with Crippen molar-refractivity contribution in [3.63, 3.8) is 0 Å². The second-order valence-electron chi connectivity index (χ2n) is 5.63. The van der Waals surface area contributed by atoms with Gasteiger partial charge in [-0.1, -0.05) is 70.3 Å². The van der Waals surface area contributed by atoms with Gasteiger partial charge in [0, 0.05) is 11.6 Å². The SMILES string of the molecule is COc1c(Cl)cc(OCC=C(Cl)Cl)cc1C(C)=NOC(C)c1ccccc1. The Bertz CT molecular complexity index is 819. The molecule has 2 rings (SSSR count). The molecule has 0 spiro atoms. The van der Waals surface area contributed by atoms with Crippen molar-refractivity contribution in [1.82, 2.24) is 0 Å². The summed E-state index contributed by atoms with van der Waals surface area (Å²) in [6.07, 6.45) is 1.34. The van der Waals surface area contributed by atoms with E-state index >= 15 is 0 Å². The van der Waals surface area contributed by atoms with Crippen LogP contribution in [0.15, 0.2) is 58.2 Å². The van der Waals surface area contributed by atoms with Crippen LogP contribution in [0.4, 0.5) is 0 Å². The maximum Gasteiger partial charge on any atom is 0.149 e. The number of halogens is 3. The van der Waals surface area contributed by atoms with Crippen molar-refractivity contribution in [2.24, 2.45) is 5.16 Å². The molecule has 0 saturated carbocycles. The smallest absolute Gasteiger partial charge is 0.149 e. The average molecular weight is 429 g/mol. The first kappa shape index (κ1) is 21.4. The Labute approximate surface area is 174 Å². The Hall–Kier alpha value is -1.88. The molecular formula is C20H20Cl3NO3. The Morgan fingerprint density at radius 1 is 1.19 bits per heavy atom. The fourth-order valence-corrected chi connectivity index (χ4v) is 2.73. The second kappa shape index (κ2) is 10.5. The van der Waals surface area contributed by atoms with Crippen LogP contribution in [0.2, 0.25) is 5.02 Å². The van der Waals surface area contributed by atoms with Crippen molar-refractivity contribution in [2.75, 3.05) is 13.7 Å². The molecule has 0 N–H and O–H groups in total. The Morgan fingerprint density at radius 3 is 2.52 bits per heavy atom. The van der Waals surface area contributed by atoms with Crippen LogP contribution in [0.25, 0.3) is 0 Å². The van der Waals surface area contributed by atoms with E-state index in [9.17, 15) is 0 Å². The summed E-state index contributed by atoms with van der Waals surface area (Å²) in [6.45, 7) is 3.95. The van der Waals surface area contributed by atoms with Crippen molar-refractivity contribution in [1.29, 1.82) is 0 Å². The van der Waals surface area contributed by atoms with Crippen LogP contribution in [-0.2, 0) is 4.84 Å². The van der Waals surface area contributed by atoms with Crippen molar-refractivity contribution in [2.45, 2.75) is 20.0 Å². The number of rotatable bonds is 8. The normalized spacial score (nSPS) is 12.3. The lowest BCUT2D eigenvalue weighted by molar-refractivity contribution is 0.0723. The number of ether oxygens (including phenoxy) is 2. The van der Waals surface area contributed by atoms with Crippen molar-refractivity contribution < 1.29 is 14.3 Å². The summed E-state index contributed by atoms with van der Waals surface area (Å²) in [5.74, 6) is 1.03. The largest absolute Gasteiger partial charge is 0.494 e. The number of nitrogens with zero attached hydrogens (tertiary/aromatic N) is 1. The van der Waals surface area contributed by atoms with Gasteiger partial charge >= 0.3 is 0 Å². The van der Waals surface area contributed by atoms with Crippen LogP contribution >= 0.6 is 34.8 Å². The molecular weight excluding hydrogens is 409 g/mol. The van der Waals surface area contributed by atoms with Gasteiger partial charge in [0.15, 0.2) is 0 Å². The van der Waals surface area contributed by atoms with Gasteiger partial charge in [0.1, 0.15) is 28.7 Å². The van der Waals surface area contributed by atoms with Crippen molar-refractivity contribution in [3.8, 4) is 11.5 Å². The van der Waals surface area contributed by atoms with E-state index in [1.54, 1.807) is 19.2 Å². The number of methoxy groups -OCH3 is 1. The first-order chi connectivity index (χ1) is 12.9. The van der Waals surface area contributed by atoms with Crippen molar-refractivity contribution >= 4 is 40.5 Å². The summed E-state index contributed by atoms with van der Waals surface area (Å²) in [5, 5.41) is 4.64. The second-order valence-corrected chi connectivity index (χ2v) is 7.04. The van der Waals surface area contributed by atoms with E-state index in [1.807, 2.05) is 44.2 Å². The zero-order chi connectivity index (χ0) is 19.8. The molecule has 1 unspecified atom stereocenters. The molecule has 0 heterocycles. The van der Waals surface area contributed by atoms with Gasteiger partial charge in [0.05, 0.1) is 17.8 Å². The fraction of sp³-hybridized carbons (Fsp3) is 0.250. The van der Waals surface area contributed by atoms with Crippen LogP contribution in [0, 0.1) is 0 Å². The molecule has 27 heavy (non-hydrogen) atoms. The summed E-state index contributed by atoms with van der Waals surface area (Å²) in [6, 6.07) is 13.3. The molecule has 0 aliphatic heterocycles. The maximum absolute atomic E-state index is 6.31. The summed E-state index contributed by atoms with van der Waals surface area (Å²) >= 11 is 17.5. The number of oxime groups is 1. The first-order valence-corrected chi connectivity index (χ1v) is 9.33. The van der Waals surface area contributed by atoms with E-state index in [4.69, 9.17) is 49.1 Å². The Balaban J connectivity index is 2.23. The molecule has 2 aromatic rings. The lowest BCUT2D eigenvalue weighted by Gasteiger charge is -2.14. The van der Waals surface area contributed by atoms with E-state index in [0.717, 1.165) is 5.56 Å². The highest BCUT2D eigenvalue weighted by Crippen LogP contribution is 2.34. The predicted octanol–water partition coefficient (Wildman–Crippen LogP) is 6.55. The minimum atomic E-state index is -0.196. The van der Waals surface area contributed by atoms with E-state index in [0.29, 0.717) is 27.8 Å². The van der Waals surface area contributed by atoms with Crippen LogP contribution in [0.3, 0.4) is 0 Å². The molecule has 4 nitrogen and oxygen atoms in total. The van der Waals surface area contributed by atoms with Gasteiger partial charge in [-0.05, 0) is 31.6 Å². The van der Waals surface area contributed by atoms with Crippen molar-refractivity contribution in [3.05, 3.63) is 69.2 Å². The molecule has 0 saturated heterocycles. The Morgan fingerprint density at radius 2 is 1.89 bits per heavy atom. The fourth-order valence-electron chi connectivity index (χ4n) is 2.32. The molecule has 0 aliphatic rings. The highest BCUT2D eigenvalue weighted by atomic mass is 35.5. The van der Waals surface area contributed by atoms with E-state index < -0.39 is 0 Å². The highest BCUT2D eigenvalue weighted by molar-refractivity contribution is 6.55. The van der Waals surface area contributed by atoms with Gasteiger partial charge in [-0.3, -0.25) is 0 Å². The molecule has 2 aromatic carbocycles. The lowest BCUT2D eigenvalue weighted by atomic mass is 10.1. The topological polar surface area (TPSA) is 40.0 Å². The molecule has 7 heteroatoms. The molecule has 1 atom stereocenters. The Kier molecular flexibility index (Phi) is 8.29. The number of hydrogen-bond acceptors (Lipinski definition) is 4. The summed E-state index contributed by atoms with van der Waals surface area (Å²) in [4.78, 5) is 5.64. The quantitative estimate of drug-likeness (QED) is 0.353. The molecule has 0 fully saturated rings. The zero-order valence-electron chi connectivity index (χ0n) is 15.2. The minimum Gasteiger partial charge on any atom is -0.494 e. The van der Waals surface area contributed by atoms with Crippen LogP contribution in [-0.4, -0.2) is 19.4 Å². The molecule has 0 radical (unpaired) electrons. The molecule has 0 bridgehead atoms. The van der Waals surface area contributed by atoms with Crippen LogP contribution < -0.4 is 9.47 Å². The van der Waals surface area contributed by atoms with Gasteiger partial charge in [-0.25, -0.2) is 0 Å². The monoisotopic (exact) mass is 427 g/mol. The third kappa shape index (κ3) is 6.35. The van der Waals surface area contributed by atoms with E-state index in [2.05, 4.69) is 5.16 Å². The van der Waals surface area contributed by atoms with Gasteiger partial charge in [0.2, 0.25) is 0 Å². The molecule has 0 aliphatic carbocycles. The standard InChI is InChI=1S/C20H20Cl3NO3/c1-13(24-27-14(2)15-7-5-4-6-8-15)17-11-16(26-10-9-19(22)23)12-18(21)20(17)25-3/h4-9,11-12,14H,10H2,1-3H3. The van der Waals surface area contributed by atoms with Gasteiger partial charge in [0.25, 0.3) is 0 Å². The van der Waals surface area contributed by atoms with E-state index in [1.165, 1.54) is 6.08 Å². The predicted molar refractivity (Wildman–Crippen MR) is 111 cm³/mol.